The van der Waals surface area contributed by atoms with Crippen molar-refractivity contribution in [3.05, 3.63) is 16.5 Å². The van der Waals surface area contributed by atoms with Crippen LogP contribution >= 0.6 is 11.6 Å². The fraction of sp³-hybridized carbons (Fsp3) is 0.692. The Balaban J connectivity index is 1.86. The van der Waals surface area contributed by atoms with Gasteiger partial charge in [0, 0.05) is 38.7 Å². The number of rotatable bonds is 3. The van der Waals surface area contributed by atoms with E-state index in [2.05, 4.69) is 27.2 Å². The van der Waals surface area contributed by atoms with Gasteiger partial charge in [-0.15, -0.1) is 0 Å². The normalized spacial score (nSPS) is 19.2. The molecule has 1 N–H and O–H groups in total. The van der Waals surface area contributed by atoms with Crippen molar-refractivity contribution in [3.63, 3.8) is 0 Å². The minimum atomic E-state index is 0.381. The van der Waals surface area contributed by atoms with Crippen molar-refractivity contribution in [1.82, 2.24) is 15.3 Å². The SMILES string of the molecule is CN(CC1CCC1)c1nc(Cl)nc2c1CNCC2. The number of fused-ring (bicyclic) bond motifs is 1. The van der Waals surface area contributed by atoms with Gasteiger partial charge in [-0.1, -0.05) is 6.42 Å². The minimum Gasteiger partial charge on any atom is -0.359 e. The van der Waals surface area contributed by atoms with Crippen molar-refractivity contribution >= 4 is 17.4 Å². The summed E-state index contributed by atoms with van der Waals surface area (Å²) in [6.07, 6.45) is 5.03. The maximum atomic E-state index is 6.04. The molecule has 2 aliphatic rings. The molecular weight excluding hydrogens is 248 g/mol. The van der Waals surface area contributed by atoms with Gasteiger partial charge in [0.15, 0.2) is 0 Å². The number of nitrogens with one attached hydrogen (secondary N) is 1. The lowest BCUT2D eigenvalue weighted by atomic mass is 9.85. The van der Waals surface area contributed by atoms with Crippen molar-refractivity contribution in [2.45, 2.75) is 32.2 Å². The van der Waals surface area contributed by atoms with Crippen LogP contribution in [0.1, 0.15) is 30.5 Å². The van der Waals surface area contributed by atoms with Crippen LogP contribution in [0.15, 0.2) is 0 Å². The molecule has 0 amide bonds. The largest absolute Gasteiger partial charge is 0.359 e. The van der Waals surface area contributed by atoms with E-state index in [0.29, 0.717) is 5.28 Å². The summed E-state index contributed by atoms with van der Waals surface area (Å²) in [5.74, 6) is 1.85. The van der Waals surface area contributed by atoms with Crippen molar-refractivity contribution in [1.29, 1.82) is 0 Å². The molecule has 0 radical (unpaired) electrons. The van der Waals surface area contributed by atoms with E-state index < -0.39 is 0 Å². The molecule has 18 heavy (non-hydrogen) atoms. The molecule has 1 saturated carbocycles. The maximum Gasteiger partial charge on any atom is 0.224 e. The molecule has 3 rings (SSSR count). The van der Waals surface area contributed by atoms with Gasteiger partial charge in [-0.3, -0.25) is 0 Å². The first-order chi connectivity index (χ1) is 8.74. The van der Waals surface area contributed by atoms with E-state index in [1.54, 1.807) is 0 Å². The molecule has 0 bridgehead atoms. The summed E-state index contributed by atoms with van der Waals surface area (Å²) in [6.45, 7) is 2.92. The van der Waals surface area contributed by atoms with Gasteiger partial charge in [0.25, 0.3) is 0 Å². The number of hydrogen-bond donors (Lipinski definition) is 1. The highest BCUT2D eigenvalue weighted by atomic mass is 35.5. The molecule has 0 spiro atoms. The Morgan fingerprint density at radius 3 is 2.94 bits per heavy atom. The Morgan fingerprint density at radius 2 is 2.22 bits per heavy atom. The molecule has 98 valence electrons. The molecule has 1 aliphatic carbocycles. The molecule has 1 aromatic rings. The van der Waals surface area contributed by atoms with E-state index in [1.807, 2.05) is 0 Å². The van der Waals surface area contributed by atoms with E-state index in [-0.39, 0.29) is 0 Å². The molecule has 4 nitrogen and oxygen atoms in total. The third kappa shape index (κ3) is 2.31. The molecule has 0 aromatic carbocycles. The number of hydrogen-bond acceptors (Lipinski definition) is 4. The average Bonchev–Trinajstić information content (AvgIpc) is 2.32. The van der Waals surface area contributed by atoms with E-state index in [1.165, 1.54) is 24.8 Å². The molecule has 2 heterocycles. The summed E-state index contributed by atoms with van der Waals surface area (Å²) in [6, 6.07) is 0. The summed E-state index contributed by atoms with van der Waals surface area (Å²) in [4.78, 5) is 11.0. The highest BCUT2D eigenvalue weighted by Gasteiger charge is 2.23. The fourth-order valence-electron chi connectivity index (χ4n) is 2.76. The Morgan fingerprint density at radius 1 is 1.39 bits per heavy atom. The monoisotopic (exact) mass is 266 g/mol. The summed E-state index contributed by atoms with van der Waals surface area (Å²) in [5, 5.41) is 3.77. The third-order valence-electron chi connectivity index (χ3n) is 4.00. The third-order valence-corrected chi connectivity index (χ3v) is 4.17. The zero-order valence-electron chi connectivity index (χ0n) is 10.7. The molecule has 0 saturated heterocycles. The first-order valence-electron chi connectivity index (χ1n) is 6.71. The van der Waals surface area contributed by atoms with Crippen LogP contribution in [0.2, 0.25) is 5.28 Å². The van der Waals surface area contributed by atoms with Crippen LogP contribution in [0.5, 0.6) is 0 Å². The molecule has 1 aliphatic heterocycles. The Labute approximate surface area is 113 Å². The summed E-state index contributed by atoms with van der Waals surface area (Å²) in [5.41, 5.74) is 2.34. The van der Waals surface area contributed by atoms with E-state index in [4.69, 9.17) is 11.6 Å². The summed E-state index contributed by atoms with van der Waals surface area (Å²) >= 11 is 6.04. The number of nitrogens with zero attached hydrogens (tertiary/aromatic N) is 3. The van der Waals surface area contributed by atoms with Crippen LogP contribution in [0.25, 0.3) is 0 Å². The zero-order chi connectivity index (χ0) is 12.5. The summed E-state index contributed by atoms with van der Waals surface area (Å²) in [7, 11) is 2.12. The van der Waals surface area contributed by atoms with Gasteiger partial charge in [0.2, 0.25) is 5.28 Å². The van der Waals surface area contributed by atoms with Crippen molar-refractivity contribution in [2.24, 2.45) is 5.92 Å². The first kappa shape index (κ1) is 12.2. The topological polar surface area (TPSA) is 41.1 Å². The van der Waals surface area contributed by atoms with Crippen LogP contribution < -0.4 is 10.2 Å². The number of halogens is 1. The lowest BCUT2D eigenvalue weighted by molar-refractivity contribution is 0.320. The van der Waals surface area contributed by atoms with Crippen LogP contribution in [-0.4, -0.2) is 30.1 Å². The highest BCUT2D eigenvalue weighted by Crippen LogP contribution is 2.30. The number of anilines is 1. The quantitative estimate of drug-likeness (QED) is 0.850. The lowest BCUT2D eigenvalue weighted by Gasteiger charge is -2.32. The second-order valence-corrected chi connectivity index (χ2v) is 5.68. The predicted octanol–water partition coefficient (Wildman–Crippen LogP) is 2.01. The second-order valence-electron chi connectivity index (χ2n) is 5.35. The molecular formula is C13H19ClN4. The number of aromatic nitrogens is 2. The molecule has 1 aromatic heterocycles. The Kier molecular flexibility index (Phi) is 3.39. The van der Waals surface area contributed by atoms with Crippen molar-refractivity contribution in [3.8, 4) is 0 Å². The van der Waals surface area contributed by atoms with Gasteiger partial charge in [0.1, 0.15) is 5.82 Å². The van der Waals surface area contributed by atoms with Gasteiger partial charge < -0.3 is 10.2 Å². The van der Waals surface area contributed by atoms with Crippen LogP contribution in [0.4, 0.5) is 5.82 Å². The minimum absolute atomic E-state index is 0.381. The summed E-state index contributed by atoms with van der Waals surface area (Å²) < 4.78 is 0. The maximum absolute atomic E-state index is 6.04. The van der Waals surface area contributed by atoms with Gasteiger partial charge in [-0.05, 0) is 30.4 Å². The lowest BCUT2D eigenvalue weighted by Crippen LogP contribution is -2.33. The van der Waals surface area contributed by atoms with Gasteiger partial charge in [0.05, 0.1) is 5.69 Å². The van der Waals surface area contributed by atoms with Crippen LogP contribution in [0, 0.1) is 5.92 Å². The van der Waals surface area contributed by atoms with Crippen molar-refractivity contribution in [2.75, 3.05) is 25.0 Å². The first-order valence-corrected chi connectivity index (χ1v) is 7.09. The molecule has 0 atom stereocenters. The standard InChI is InChI=1S/C13H19ClN4/c1-18(8-9-3-2-4-9)12-10-7-15-6-5-11(10)16-13(14)17-12/h9,15H,2-8H2,1H3. The zero-order valence-corrected chi connectivity index (χ0v) is 11.5. The van der Waals surface area contributed by atoms with Crippen LogP contribution in [0.3, 0.4) is 0 Å². The smallest absolute Gasteiger partial charge is 0.224 e. The average molecular weight is 267 g/mol. The second kappa shape index (κ2) is 5.02. The van der Waals surface area contributed by atoms with E-state index in [0.717, 1.165) is 43.5 Å². The predicted molar refractivity (Wildman–Crippen MR) is 73.1 cm³/mol. The Hall–Kier alpha value is -0.870. The molecule has 1 fully saturated rings. The fourth-order valence-corrected chi connectivity index (χ4v) is 2.94. The molecule has 0 unspecified atom stereocenters. The van der Waals surface area contributed by atoms with Gasteiger partial charge in [-0.25, -0.2) is 9.97 Å². The van der Waals surface area contributed by atoms with Gasteiger partial charge >= 0.3 is 0 Å². The highest BCUT2D eigenvalue weighted by molar-refractivity contribution is 6.28. The van der Waals surface area contributed by atoms with Crippen molar-refractivity contribution < 1.29 is 0 Å². The molecule has 5 heteroatoms. The van der Waals surface area contributed by atoms with E-state index >= 15 is 0 Å². The van der Waals surface area contributed by atoms with Crippen LogP contribution in [-0.2, 0) is 13.0 Å². The van der Waals surface area contributed by atoms with Gasteiger partial charge in [-0.2, -0.15) is 0 Å². The van der Waals surface area contributed by atoms with E-state index in [9.17, 15) is 0 Å². The Bertz CT molecular complexity index is 445.